The third-order valence-electron chi connectivity index (χ3n) is 3.10. The van der Waals surface area contributed by atoms with E-state index in [4.69, 9.17) is 16.3 Å². The molecule has 2 rings (SSSR count). The van der Waals surface area contributed by atoms with Crippen molar-refractivity contribution >= 4 is 11.6 Å². The molecule has 1 N–H and O–H groups in total. The lowest BCUT2D eigenvalue weighted by Gasteiger charge is -2.28. The Morgan fingerprint density at radius 2 is 2.06 bits per heavy atom. The van der Waals surface area contributed by atoms with E-state index >= 15 is 0 Å². The van der Waals surface area contributed by atoms with Crippen LogP contribution in [0.25, 0.3) is 0 Å². The number of aryl methyl sites for hydroxylation is 1. The summed E-state index contributed by atoms with van der Waals surface area (Å²) in [6.07, 6.45) is 3.56. The summed E-state index contributed by atoms with van der Waals surface area (Å²) in [6, 6.07) is 5.60. The summed E-state index contributed by atoms with van der Waals surface area (Å²) in [5.41, 5.74) is 1.06. The predicted octanol–water partition coefficient (Wildman–Crippen LogP) is 3.33. The summed E-state index contributed by atoms with van der Waals surface area (Å²) >= 11 is 5.93. The fraction of sp³-hybridized carbons (Fsp3) is 0.538. The average molecular weight is 241 g/mol. The number of ether oxygens (including phenoxy) is 1. The number of hydrogen-bond donors (Lipinski definition) is 1. The maximum Gasteiger partial charge on any atom is 0.124 e. The lowest BCUT2D eigenvalue weighted by atomic mass is 9.95. The Kier molecular flexibility index (Phi) is 3.72. The summed E-state index contributed by atoms with van der Waals surface area (Å²) < 4.78 is 5.84. The Morgan fingerprint density at radius 3 is 2.81 bits per heavy atom. The van der Waals surface area contributed by atoms with E-state index in [0.717, 1.165) is 37.0 Å². The molecule has 88 valence electrons. The van der Waals surface area contributed by atoms with Gasteiger partial charge in [-0.15, -0.1) is 0 Å². The summed E-state index contributed by atoms with van der Waals surface area (Å²) in [7, 11) is 0. The molecule has 0 spiro atoms. The molecule has 0 radical (unpaired) electrons. The second-order valence-electron chi connectivity index (χ2n) is 4.42. The first kappa shape index (κ1) is 11.7. The van der Waals surface area contributed by atoms with E-state index in [-0.39, 0.29) is 12.2 Å². The van der Waals surface area contributed by atoms with Crippen LogP contribution in [0, 0.1) is 6.92 Å². The van der Waals surface area contributed by atoms with Gasteiger partial charge in [-0.2, -0.15) is 0 Å². The lowest BCUT2D eigenvalue weighted by Crippen LogP contribution is -2.34. The number of aliphatic hydroxyl groups excluding tert-OH is 1. The fourth-order valence-electron chi connectivity index (χ4n) is 2.08. The molecule has 0 unspecified atom stereocenters. The van der Waals surface area contributed by atoms with Crippen molar-refractivity contribution in [2.24, 2.45) is 0 Å². The zero-order chi connectivity index (χ0) is 11.5. The average Bonchev–Trinajstić information content (AvgIpc) is 2.27. The van der Waals surface area contributed by atoms with Crippen LogP contribution in [0.2, 0.25) is 5.02 Å². The van der Waals surface area contributed by atoms with Crippen molar-refractivity contribution in [1.29, 1.82) is 0 Å². The first-order valence-corrected chi connectivity index (χ1v) is 6.15. The molecule has 1 aliphatic rings. The molecule has 1 aliphatic carbocycles. The van der Waals surface area contributed by atoms with Crippen molar-refractivity contribution in [3.8, 4) is 5.75 Å². The summed E-state index contributed by atoms with van der Waals surface area (Å²) in [5.74, 6) is 0.790. The van der Waals surface area contributed by atoms with E-state index < -0.39 is 0 Å². The highest BCUT2D eigenvalue weighted by atomic mass is 35.5. The van der Waals surface area contributed by atoms with Gasteiger partial charge in [0.05, 0.1) is 6.10 Å². The normalized spacial score (nSPS) is 25.4. The van der Waals surface area contributed by atoms with Gasteiger partial charge in [-0.3, -0.25) is 0 Å². The van der Waals surface area contributed by atoms with E-state index in [1.165, 1.54) is 0 Å². The SMILES string of the molecule is Cc1ccc(Cl)cc1O[C@@H]1CCCC[C@H]1O. The van der Waals surface area contributed by atoms with Crippen LogP contribution in [-0.2, 0) is 0 Å². The monoisotopic (exact) mass is 240 g/mol. The second kappa shape index (κ2) is 5.07. The Morgan fingerprint density at radius 1 is 1.31 bits per heavy atom. The molecule has 0 aromatic heterocycles. The molecule has 1 fully saturated rings. The minimum atomic E-state index is -0.341. The van der Waals surface area contributed by atoms with E-state index in [2.05, 4.69) is 0 Å². The summed E-state index contributed by atoms with van der Waals surface area (Å²) in [5, 5.41) is 10.5. The molecule has 0 amide bonds. The number of benzene rings is 1. The maximum absolute atomic E-state index is 9.83. The van der Waals surface area contributed by atoms with Crippen LogP contribution in [-0.4, -0.2) is 17.3 Å². The molecular formula is C13H17ClO2. The smallest absolute Gasteiger partial charge is 0.124 e. The fourth-order valence-corrected chi connectivity index (χ4v) is 2.24. The largest absolute Gasteiger partial charge is 0.487 e. The molecule has 0 heterocycles. The van der Waals surface area contributed by atoms with Gasteiger partial charge in [0.1, 0.15) is 11.9 Å². The third kappa shape index (κ3) is 2.69. The summed E-state index contributed by atoms with van der Waals surface area (Å²) in [4.78, 5) is 0. The topological polar surface area (TPSA) is 29.5 Å². The Hall–Kier alpha value is -0.730. The van der Waals surface area contributed by atoms with Crippen LogP contribution in [0.3, 0.4) is 0 Å². The van der Waals surface area contributed by atoms with Gasteiger partial charge in [0.25, 0.3) is 0 Å². The van der Waals surface area contributed by atoms with Gasteiger partial charge in [-0.05, 0) is 43.9 Å². The quantitative estimate of drug-likeness (QED) is 0.859. The maximum atomic E-state index is 9.83. The highest BCUT2D eigenvalue weighted by molar-refractivity contribution is 6.30. The van der Waals surface area contributed by atoms with Crippen molar-refractivity contribution in [2.75, 3.05) is 0 Å². The van der Waals surface area contributed by atoms with Gasteiger partial charge in [0, 0.05) is 5.02 Å². The minimum absolute atomic E-state index is 0.0779. The van der Waals surface area contributed by atoms with Crippen LogP contribution < -0.4 is 4.74 Å². The molecule has 1 aromatic rings. The van der Waals surface area contributed by atoms with Crippen molar-refractivity contribution in [3.63, 3.8) is 0 Å². The Bertz CT molecular complexity index is 365. The van der Waals surface area contributed by atoms with Crippen molar-refractivity contribution in [1.82, 2.24) is 0 Å². The highest BCUT2D eigenvalue weighted by Gasteiger charge is 2.25. The van der Waals surface area contributed by atoms with Crippen LogP contribution in [0.4, 0.5) is 0 Å². The van der Waals surface area contributed by atoms with Crippen LogP contribution in [0.5, 0.6) is 5.75 Å². The van der Waals surface area contributed by atoms with Gasteiger partial charge in [0.2, 0.25) is 0 Å². The zero-order valence-corrected chi connectivity index (χ0v) is 10.2. The standard InChI is InChI=1S/C13H17ClO2/c1-9-6-7-10(14)8-13(9)16-12-5-3-2-4-11(12)15/h6-8,11-12,15H,2-5H2,1H3/t11-,12-/m1/s1. The van der Waals surface area contributed by atoms with E-state index in [0.29, 0.717) is 5.02 Å². The molecule has 1 aromatic carbocycles. The van der Waals surface area contributed by atoms with Crippen molar-refractivity contribution < 1.29 is 9.84 Å². The van der Waals surface area contributed by atoms with Crippen molar-refractivity contribution in [3.05, 3.63) is 28.8 Å². The van der Waals surface area contributed by atoms with Gasteiger partial charge in [-0.25, -0.2) is 0 Å². The van der Waals surface area contributed by atoms with Crippen molar-refractivity contribution in [2.45, 2.75) is 44.8 Å². The molecule has 1 saturated carbocycles. The lowest BCUT2D eigenvalue weighted by molar-refractivity contribution is 0.00655. The molecule has 0 saturated heterocycles. The Labute approximate surface area is 101 Å². The number of aliphatic hydroxyl groups is 1. The van der Waals surface area contributed by atoms with Crippen LogP contribution >= 0.6 is 11.6 Å². The highest BCUT2D eigenvalue weighted by Crippen LogP contribution is 2.28. The van der Waals surface area contributed by atoms with Crippen LogP contribution in [0.1, 0.15) is 31.2 Å². The summed E-state index contributed by atoms with van der Waals surface area (Å²) in [6.45, 7) is 1.99. The molecule has 0 aliphatic heterocycles. The molecule has 2 atom stereocenters. The minimum Gasteiger partial charge on any atom is -0.487 e. The van der Waals surface area contributed by atoms with Gasteiger partial charge < -0.3 is 9.84 Å². The number of halogens is 1. The van der Waals surface area contributed by atoms with Gasteiger partial charge >= 0.3 is 0 Å². The third-order valence-corrected chi connectivity index (χ3v) is 3.33. The first-order chi connectivity index (χ1) is 7.66. The van der Waals surface area contributed by atoms with Gasteiger partial charge in [0.15, 0.2) is 0 Å². The molecule has 0 bridgehead atoms. The predicted molar refractivity (Wildman–Crippen MR) is 65.1 cm³/mol. The number of hydrogen-bond acceptors (Lipinski definition) is 2. The van der Waals surface area contributed by atoms with E-state index in [1.54, 1.807) is 0 Å². The van der Waals surface area contributed by atoms with Gasteiger partial charge in [-0.1, -0.05) is 24.1 Å². The zero-order valence-electron chi connectivity index (χ0n) is 9.45. The van der Waals surface area contributed by atoms with E-state index in [1.807, 2.05) is 25.1 Å². The molecule has 2 nitrogen and oxygen atoms in total. The molecular weight excluding hydrogens is 224 g/mol. The second-order valence-corrected chi connectivity index (χ2v) is 4.85. The molecule has 3 heteroatoms. The number of rotatable bonds is 2. The first-order valence-electron chi connectivity index (χ1n) is 5.77. The Balaban J connectivity index is 2.10. The van der Waals surface area contributed by atoms with E-state index in [9.17, 15) is 5.11 Å². The molecule has 16 heavy (non-hydrogen) atoms. The van der Waals surface area contributed by atoms with Crippen LogP contribution in [0.15, 0.2) is 18.2 Å².